The van der Waals surface area contributed by atoms with Gasteiger partial charge >= 0.3 is 0 Å². The second kappa shape index (κ2) is 5.80. The molecule has 1 heterocycles. The highest BCUT2D eigenvalue weighted by Crippen LogP contribution is 2.23. The number of aromatic nitrogens is 1. The van der Waals surface area contributed by atoms with Crippen LogP contribution in [0.4, 0.5) is 4.39 Å². The van der Waals surface area contributed by atoms with E-state index in [9.17, 15) is 4.39 Å². The van der Waals surface area contributed by atoms with Crippen LogP contribution in [0, 0.1) is 19.7 Å². The van der Waals surface area contributed by atoms with Gasteiger partial charge in [0.25, 0.3) is 0 Å². The van der Waals surface area contributed by atoms with Gasteiger partial charge in [-0.05, 0) is 45.5 Å². The fraction of sp³-hybridized carbons (Fsp3) is 0.400. The summed E-state index contributed by atoms with van der Waals surface area (Å²) in [6.45, 7) is 7.08. The van der Waals surface area contributed by atoms with E-state index in [1.165, 1.54) is 17.0 Å². The van der Waals surface area contributed by atoms with E-state index in [1.807, 2.05) is 19.1 Å². The van der Waals surface area contributed by atoms with Crippen LogP contribution < -0.4 is 0 Å². The van der Waals surface area contributed by atoms with Crippen LogP contribution in [0.25, 0.3) is 0 Å². The Morgan fingerprint density at radius 3 is 2.42 bits per heavy atom. The summed E-state index contributed by atoms with van der Waals surface area (Å²) in [7, 11) is 2.07. The summed E-state index contributed by atoms with van der Waals surface area (Å²) in [5.74, 6) is -0.190. The molecule has 1 atom stereocenters. The van der Waals surface area contributed by atoms with Gasteiger partial charge in [-0.15, -0.1) is 11.3 Å². The minimum atomic E-state index is -0.190. The molecule has 0 aliphatic carbocycles. The van der Waals surface area contributed by atoms with Crippen LogP contribution in [0.1, 0.15) is 34.1 Å². The van der Waals surface area contributed by atoms with Crippen LogP contribution in [0.2, 0.25) is 0 Å². The predicted molar refractivity (Wildman–Crippen MR) is 77.9 cm³/mol. The Balaban J connectivity index is 2.06. The first-order valence-corrected chi connectivity index (χ1v) is 7.17. The van der Waals surface area contributed by atoms with E-state index in [1.54, 1.807) is 11.3 Å². The second-order valence-corrected chi connectivity index (χ2v) is 6.18. The Morgan fingerprint density at radius 1 is 1.26 bits per heavy atom. The van der Waals surface area contributed by atoms with Crippen molar-refractivity contribution < 1.29 is 4.39 Å². The minimum Gasteiger partial charge on any atom is -0.293 e. The third-order valence-electron chi connectivity index (χ3n) is 3.47. The van der Waals surface area contributed by atoms with Gasteiger partial charge < -0.3 is 0 Å². The van der Waals surface area contributed by atoms with E-state index in [4.69, 9.17) is 0 Å². The molecule has 0 saturated heterocycles. The molecule has 0 radical (unpaired) electrons. The zero-order valence-corrected chi connectivity index (χ0v) is 12.6. The van der Waals surface area contributed by atoms with E-state index >= 15 is 0 Å². The number of hydrogen-bond acceptors (Lipinski definition) is 3. The third kappa shape index (κ3) is 3.39. The molecular weight excluding hydrogens is 259 g/mol. The SMILES string of the molecule is Cc1nc(CN(C)C(C)c2ccc(F)cc2)sc1C. The minimum absolute atomic E-state index is 0.190. The second-order valence-electron chi connectivity index (χ2n) is 4.89. The normalized spacial score (nSPS) is 12.9. The molecule has 0 aliphatic heterocycles. The molecular formula is C15H19FN2S. The van der Waals surface area contributed by atoms with Gasteiger partial charge in [-0.3, -0.25) is 4.90 Å². The average Bonchev–Trinajstić information content (AvgIpc) is 2.68. The highest BCUT2D eigenvalue weighted by Gasteiger charge is 2.14. The summed E-state index contributed by atoms with van der Waals surface area (Å²) in [4.78, 5) is 8.06. The molecule has 1 aromatic heterocycles. The van der Waals surface area contributed by atoms with Crippen LogP contribution >= 0.6 is 11.3 Å². The molecule has 0 fully saturated rings. The maximum atomic E-state index is 12.9. The Labute approximate surface area is 117 Å². The molecule has 0 N–H and O–H groups in total. The fourth-order valence-corrected chi connectivity index (χ4v) is 2.95. The van der Waals surface area contributed by atoms with E-state index in [-0.39, 0.29) is 11.9 Å². The van der Waals surface area contributed by atoms with Crippen LogP contribution in [0.15, 0.2) is 24.3 Å². The molecule has 0 aliphatic rings. The average molecular weight is 278 g/mol. The van der Waals surface area contributed by atoms with E-state index in [2.05, 4.69) is 30.8 Å². The van der Waals surface area contributed by atoms with E-state index in [0.717, 1.165) is 22.8 Å². The standard InChI is InChI=1S/C15H19FN2S/c1-10-12(3)19-15(17-10)9-18(4)11(2)13-5-7-14(16)8-6-13/h5-8,11H,9H2,1-4H3. The quantitative estimate of drug-likeness (QED) is 0.837. The lowest BCUT2D eigenvalue weighted by Crippen LogP contribution is -2.21. The topological polar surface area (TPSA) is 16.1 Å². The molecule has 2 rings (SSSR count). The molecule has 1 aromatic carbocycles. The van der Waals surface area contributed by atoms with Crippen molar-refractivity contribution in [3.05, 3.63) is 51.2 Å². The van der Waals surface area contributed by atoms with Crippen molar-refractivity contribution in [2.24, 2.45) is 0 Å². The van der Waals surface area contributed by atoms with Crippen LogP contribution in [0.3, 0.4) is 0 Å². The maximum absolute atomic E-state index is 12.9. The van der Waals surface area contributed by atoms with Gasteiger partial charge in [0.1, 0.15) is 10.8 Å². The molecule has 19 heavy (non-hydrogen) atoms. The van der Waals surface area contributed by atoms with Crippen molar-refractivity contribution in [2.45, 2.75) is 33.4 Å². The van der Waals surface area contributed by atoms with Gasteiger partial charge in [0.15, 0.2) is 0 Å². The van der Waals surface area contributed by atoms with Crippen LogP contribution in [-0.4, -0.2) is 16.9 Å². The Hall–Kier alpha value is -1.26. The van der Waals surface area contributed by atoms with Gasteiger partial charge in [0.05, 0.1) is 12.2 Å². The molecule has 0 saturated carbocycles. The van der Waals surface area contributed by atoms with Gasteiger partial charge in [0.2, 0.25) is 0 Å². The summed E-state index contributed by atoms with van der Waals surface area (Å²) in [5, 5.41) is 1.13. The molecule has 0 amide bonds. The Bertz CT molecular complexity index is 528. The van der Waals surface area contributed by atoms with Crippen molar-refractivity contribution in [3.8, 4) is 0 Å². The number of nitrogens with zero attached hydrogens (tertiary/aromatic N) is 2. The van der Waals surface area contributed by atoms with Crippen molar-refractivity contribution >= 4 is 11.3 Å². The van der Waals surface area contributed by atoms with Gasteiger partial charge in [0, 0.05) is 10.9 Å². The summed E-state index contributed by atoms with van der Waals surface area (Å²) in [6.07, 6.45) is 0. The first-order valence-electron chi connectivity index (χ1n) is 6.36. The lowest BCUT2D eigenvalue weighted by Gasteiger charge is -2.24. The lowest BCUT2D eigenvalue weighted by molar-refractivity contribution is 0.252. The zero-order chi connectivity index (χ0) is 14.0. The predicted octanol–water partition coefficient (Wildman–Crippen LogP) is 4.09. The largest absolute Gasteiger partial charge is 0.293 e. The highest BCUT2D eigenvalue weighted by atomic mass is 32.1. The summed E-state index contributed by atoms with van der Waals surface area (Å²) >= 11 is 1.74. The molecule has 2 aromatic rings. The lowest BCUT2D eigenvalue weighted by atomic mass is 10.1. The van der Waals surface area contributed by atoms with Gasteiger partial charge in [-0.2, -0.15) is 0 Å². The van der Waals surface area contributed by atoms with Gasteiger partial charge in [-0.25, -0.2) is 9.37 Å². The highest BCUT2D eigenvalue weighted by molar-refractivity contribution is 7.11. The number of hydrogen-bond donors (Lipinski definition) is 0. The molecule has 1 unspecified atom stereocenters. The Kier molecular flexibility index (Phi) is 4.32. The summed E-state index contributed by atoms with van der Waals surface area (Å²) < 4.78 is 12.9. The van der Waals surface area contributed by atoms with Crippen molar-refractivity contribution in [3.63, 3.8) is 0 Å². The maximum Gasteiger partial charge on any atom is 0.123 e. The number of aryl methyl sites for hydroxylation is 2. The van der Waals surface area contributed by atoms with E-state index < -0.39 is 0 Å². The fourth-order valence-electron chi connectivity index (χ4n) is 1.95. The molecule has 0 bridgehead atoms. The molecule has 2 nitrogen and oxygen atoms in total. The van der Waals surface area contributed by atoms with Crippen molar-refractivity contribution in [2.75, 3.05) is 7.05 Å². The number of rotatable bonds is 4. The summed E-state index contributed by atoms with van der Waals surface area (Å²) in [5.41, 5.74) is 2.23. The first-order chi connectivity index (χ1) is 8.97. The monoisotopic (exact) mass is 278 g/mol. The van der Waals surface area contributed by atoms with Crippen molar-refractivity contribution in [1.82, 2.24) is 9.88 Å². The van der Waals surface area contributed by atoms with Crippen LogP contribution in [0.5, 0.6) is 0 Å². The molecule has 4 heteroatoms. The molecule has 102 valence electrons. The van der Waals surface area contributed by atoms with Crippen molar-refractivity contribution in [1.29, 1.82) is 0 Å². The molecule has 0 spiro atoms. The van der Waals surface area contributed by atoms with Gasteiger partial charge in [-0.1, -0.05) is 12.1 Å². The Morgan fingerprint density at radius 2 is 1.89 bits per heavy atom. The number of benzene rings is 1. The number of halogens is 1. The van der Waals surface area contributed by atoms with E-state index in [0.29, 0.717) is 0 Å². The third-order valence-corrected chi connectivity index (χ3v) is 4.53. The number of thiazole rings is 1. The van der Waals surface area contributed by atoms with Crippen LogP contribution in [-0.2, 0) is 6.54 Å². The smallest absolute Gasteiger partial charge is 0.123 e. The first kappa shape index (κ1) is 14.2. The summed E-state index contributed by atoms with van der Waals surface area (Å²) in [6, 6.07) is 6.95. The zero-order valence-electron chi connectivity index (χ0n) is 11.8.